The molecule has 1 heterocycles. The van der Waals surface area contributed by atoms with Gasteiger partial charge in [-0.2, -0.15) is 0 Å². The fraction of sp³-hybridized carbons (Fsp3) is 0.500. The summed E-state index contributed by atoms with van der Waals surface area (Å²) in [5.41, 5.74) is 0.126. The molecule has 6 heteroatoms. The van der Waals surface area contributed by atoms with E-state index in [4.69, 9.17) is 19.4 Å². The van der Waals surface area contributed by atoms with E-state index in [9.17, 15) is 4.79 Å². The summed E-state index contributed by atoms with van der Waals surface area (Å²) in [4.78, 5) is 10.8. The van der Waals surface area contributed by atoms with Crippen LogP contribution in [0.15, 0.2) is 16.7 Å². The summed E-state index contributed by atoms with van der Waals surface area (Å²) in [6.45, 7) is 0.500. The van der Waals surface area contributed by atoms with Crippen LogP contribution in [-0.2, 0) is 11.3 Å². The second kappa shape index (κ2) is 6.26. The molecule has 1 unspecified atom stereocenters. The fourth-order valence-corrected chi connectivity index (χ4v) is 1.28. The van der Waals surface area contributed by atoms with Crippen molar-refractivity contribution in [1.29, 1.82) is 0 Å². The zero-order chi connectivity index (χ0) is 12.0. The van der Waals surface area contributed by atoms with Gasteiger partial charge in [0.05, 0.1) is 32.1 Å². The number of aliphatic hydroxyl groups excluding tert-OH is 1. The molecule has 0 bridgehead atoms. The van der Waals surface area contributed by atoms with E-state index in [0.717, 1.165) is 0 Å². The summed E-state index contributed by atoms with van der Waals surface area (Å²) in [6.07, 6.45) is 1.32. The SMILES string of the molecule is COCC(CO)NCc1occc1C(=O)O. The number of rotatable bonds is 7. The summed E-state index contributed by atoms with van der Waals surface area (Å²) in [7, 11) is 1.53. The van der Waals surface area contributed by atoms with E-state index < -0.39 is 5.97 Å². The molecule has 0 radical (unpaired) electrons. The van der Waals surface area contributed by atoms with Crippen LogP contribution in [0.3, 0.4) is 0 Å². The molecule has 0 saturated carbocycles. The first kappa shape index (κ1) is 12.7. The van der Waals surface area contributed by atoms with Crippen LogP contribution in [0.4, 0.5) is 0 Å². The molecule has 0 aliphatic carbocycles. The van der Waals surface area contributed by atoms with Crippen molar-refractivity contribution in [2.75, 3.05) is 20.3 Å². The van der Waals surface area contributed by atoms with Crippen molar-refractivity contribution in [2.45, 2.75) is 12.6 Å². The number of ether oxygens (including phenoxy) is 1. The number of aromatic carboxylic acids is 1. The van der Waals surface area contributed by atoms with Gasteiger partial charge in [0.15, 0.2) is 0 Å². The molecule has 0 aliphatic rings. The number of carbonyl (C=O) groups is 1. The van der Waals surface area contributed by atoms with Crippen LogP contribution in [0.25, 0.3) is 0 Å². The molecule has 0 aromatic carbocycles. The molecule has 1 rings (SSSR count). The molecule has 1 aromatic heterocycles. The van der Waals surface area contributed by atoms with Crippen LogP contribution < -0.4 is 5.32 Å². The summed E-state index contributed by atoms with van der Waals surface area (Å²) in [5.74, 6) is -0.695. The summed E-state index contributed by atoms with van der Waals surface area (Å²) in [5, 5.41) is 20.7. The molecule has 0 saturated heterocycles. The largest absolute Gasteiger partial charge is 0.478 e. The van der Waals surface area contributed by atoms with Crippen molar-refractivity contribution in [1.82, 2.24) is 5.32 Å². The third-order valence-electron chi connectivity index (χ3n) is 2.12. The Hall–Kier alpha value is -1.37. The van der Waals surface area contributed by atoms with Crippen molar-refractivity contribution in [3.8, 4) is 0 Å². The number of aliphatic hydroxyl groups is 1. The molecule has 0 amide bonds. The first-order valence-corrected chi connectivity index (χ1v) is 4.81. The van der Waals surface area contributed by atoms with Gasteiger partial charge in [0.25, 0.3) is 0 Å². The summed E-state index contributed by atoms with van der Waals surface area (Å²) >= 11 is 0. The Morgan fingerprint density at radius 3 is 3.00 bits per heavy atom. The minimum absolute atomic E-state index is 0.0864. The first-order chi connectivity index (χ1) is 7.69. The Balaban J connectivity index is 2.53. The Kier molecular flexibility index (Phi) is 4.97. The zero-order valence-corrected chi connectivity index (χ0v) is 8.97. The van der Waals surface area contributed by atoms with Gasteiger partial charge in [-0.05, 0) is 6.07 Å². The van der Waals surface area contributed by atoms with Gasteiger partial charge in [-0.15, -0.1) is 0 Å². The van der Waals surface area contributed by atoms with Crippen LogP contribution in [0, 0.1) is 0 Å². The molecule has 0 aliphatic heterocycles. The van der Waals surface area contributed by atoms with Crippen LogP contribution in [0.1, 0.15) is 16.1 Å². The second-order valence-electron chi connectivity index (χ2n) is 3.28. The quantitative estimate of drug-likeness (QED) is 0.613. The molecule has 1 atom stereocenters. The lowest BCUT2D eigenvalue weighted by atomic mass is 10.2. The normalized spacial score (nSPS) is 12.6. The number of carboxylic acids is 1. The zero-order valence-electron chi connectivity index (χ0n) is 8.97. The number of hydrogen-bond donors (Lipinski definition) is 3. The number of nitrogens with one attached hydrogen (secondary N) is 1. The highest BCUT2D eigenvalue weighted by molar-refractivity contribution is 5.88. The maximum atomic E-state index is 10.8. The highest BCUT2D eigenvalue weighted by atomic mass is 16.5. The maximum Gasteiger partial charge on any atom is 0.339 e. The Labute approximate surface area is 92.8 Å². The van der Waals surface area contributed by atoms with E-state index in [1.165, 1.54) is 19.4 Å². The molecule has 0 spiro atoms. The topological polar surface area (TPSA) is 91.9 Å². The van der Waals surface area contributed by atoms with Gasteiger partial charge in [-0.1, -0.05) is 0 Å². The Morgan fingerprint density at radius 2 is 2.44 bits per heavy atom. The highest BCUT2D eigenvalue weighted by Gasteiger charge is 2.14. The Bertz CT molecular complexity index is 336. The van der Waals surface area contributed by atoms with E-state index in [1.54, 1.807) is 0 Å². The second-order valence-corrected chi connectivity index (χ2v) is 3.28. The average Bonchev–Trinajstić information content (AvgIpc) is 2.72. The third kappa shape index (κ3) is 3.34. The molecular formula is C10H15NO5. The van der Waals surface area contributed by atoms with Crippen molar-refractivity contribution >= 4 is 5.97 Å². The average molecular weight is 229 g/mol. The van der Waals surface area contributed by atoms with Gasteiger partial charge in [0, 0.05) is 7.11 Å². The fourth-order valence-electron chi connectivity index (χ4n) is 1.28. The van der Waals surface area contributed by atoms with Gasteiger partial charge in [0.1, 0.15) is 11.3 Å². The van der Waals surface area contributed by atoms with E-state index in [1.807, 2.05) is 0 Å². The van der Waals surface area contributed by atoms with Gasteiger partial charge >= 0.3 is 5.97 Å². The third-order valence-corrected chi connectivity index (χ3v) is 2.12. The van der Waals surface area contributed by atoms with Gasteiger partial charge in [-0.25, -0.2) is 4.79 Å². The Morgan fingerprint density at radius 1 is 1.69 bits per heavy atom. The molecule has 1 aromatic rings. The number of hydrogen-bond acceptors (Lipinski definition) is 5. The molecule has 90 valence electrons. The van der Waals surface area contributed by atoms with Crippen LogP contribution >= 0.6 is 0 Å². The molecule has 3 N–H and O–H groups in total. The minimum atomic E-state index is -1.03. The summed E-state index contributed by atoms with van der Waals surface area (Å²) in [6, 6.07) is 1.15. The van der Waals surface area contributed by atoms with Crippen LogP contribution in [-0.4, -0.2) is 42.5 Å². The maximum absolute atomic E-state index is 10.8. The number of carboxylic acid groups (broad SMARTS) is 1. The van der Waals surface area contributed by atoms with Crippen LogP contribution in [0.5, 0.6) is 0 Å². The molecule has 6 nitrogen and oxygen atoms in total. The highest BCUT2D eigenvalue weighted by Crippen LogP contribution is 2.10. The van der Waals surface area contributed by atoms with E-state index in [2.05, 4.69) is 5.32 Å². The summed E-state index contributed by atoms with van der Waals surface area (Å²) < 4.78 is 9.91. The first-order valence-electron chi connectivity index (χ1n) is 4.81. The van der Waals surface area contributed by atoms with Crippen molar-refractivity contribution in [3.05, 3.63) is 23.7 Å². The lowest BCUT2D eigenvalue weighted by molar-refractivity contribution is 0.0694. The van der Waals surface area contributed by atoms with Crippen molar-refractivity contribution in [2.24, 2.45) is 0 Å². The van der Waals surface area contributed by atoms with E-state index in [-0.39, 0.29) is 24.8 Å². The van der Waals surface area contributed by atoms with Gasteiger partial charge < -0.3 is 24.7 Å². The van der Waals surface area contributed by atoms with Crippen LogP contribution in [0.2, 0.25) is 0 Å². The lowest BCUT2D eigenvalue weighted by Crippen LogP contribution is -2.36. The number of furan rings is 1. The van der Waals surface area contributed by atoms with Gasteiger partial charge in [-0.3, -0.25) is 0 Å². The molecular weight excluding hydrogens is 214 g/mol. The lowest BCUT2D eigenvalue weighted by Gasteiger charge is -2.14. The monoisotopic (exact) mass is 229 g/mol. The van der Waals surface area contributed by atoms with E-state index in [0.29, 0.717) is 12.4 Å². The van der Waals surface area contributed by atoms with E-state index >= 15 is 0 Å². The molecule has 16 heavy (non-hydrogen) atoms. The standard InChI is InChI=1S/C10H15NO5/c1-15-6-7(5-12)11-4-9-8(10(13)14)2-3-16-9/h2-3,7,11-12H,4-6H2,1H3,(H,13,14). The van der Waals surface area contributed by atoms with Crippen molar-refractivity contribution in [3.63, 3.8) is 0 Å². The predicted molar refractivity (Wildman–Crippen MR) is 55.3 cm³/mol. The van der Waals surface area contributed by atoms with Crippen molar-refractivity contribution < 1.29 is 24.2 Å². The minimum Gasteiger partial charge on any atom is -0.478 e. The predicted octanol–water partition coefficient (Wildman–Crippen LogP) is 0.0747. The number of methoxy groups -OCH3 is 1. The van der Waals surface area contributed by atoms with Gasteiger partial charge in [0.2, 0.25) is 0 Å². The smallest absolute Gasteiger partial charge is 0.339 e. The molecule has 0 fully saturated rings.